The molecule has 8 heteroatoms. The highest BCUT2D eigenvalue weighted by Gasteiger charge is 2.36. The summed E-state index contributed by atoms with van der Waals surface area (Å²) in [5.74, 6) is 1.09. The lowest BCUT2D eigenvalue weighted by atomic mass is 9.89. The smallest absolute Gasteiger partial charge is 0.293 e. The van der Waals surface area contributed by atoms with Crippen LogP contribution >= 0.6 is 46.0 Å². The summed E-state index contributed by atoms with van der Waals surface area (Å²) in [4.78, 5) is 27.2. The normalized spacial score (nSPS) is 18.3. The minimum Gasteiger partial charge on any atom is -0.493 e. The number of carbonyl (C=O) groups excluding carboxylic acids is 2. The highest BCUT2D eigenvalue weighted by atomic mass is 127. The first-order chi connectivity index (χ1) is 15.9. The Morgan fingerprint density at radius 3 is 2.58 bits per heavy atom. The van der Waals surface area contributed by atoms with Gasteiger partial charge in [0.1, 0.15) is 6.61 Å². The first-order valence-electron chi connectivity index (χ1n) is 10.9. The largest absolute Gasteiger partial charge is 0.493 e. The number of ether oxygens (including phenoxy) is 2. The van der Waals surface area contributed by atoms with E-state index in [1.54, 1.807) is 25.3 Å². The van der Waals surface area contributed by atoms with Crippen molar-refractivity contribution in [2.24, 2.45) is 5.92 Å². The number of hydrogen-bond acceptors (Lipinski definition) is 5. The number of thioether (sulfide) groups is 1. The molecule has 1 heterocycles. The van der Waals surface area contributed by atoms with Gasteiger partial charge in [0.2, 0.25) is 0 Å². The molecule has 2 aliphatic rings. The van der Waals surface area contributed by atoms with Crippen molar-refractivity contribution in [3.05, 3.63) is 61.0 Å². The topological polar surface area (TPSA) is 55.8 Å². The van der Waals surface area contributed by atoms with Gasteiger partial charge in [-0.05, 0) is 94.6 Å². The van der Waals surface area contributed by atoms with Gasteiger partial charge in [-0.2, -0.15) is 0 Å². The zero-order valence-corrected chi connectivity index (χ0v) is 22.0. The van der Waals surface area contributed by atoms with Gasteiger partial charge in [0.15, 0.2) is 11.5 Å². The molecule has 33 heavy (non-hydrogen) atoms. The Bertz CT molecular complexity index is 1070. The Balaban J connectivity index is 1.49. The number of hydrogen-bond donors (Lipinski definition) is 0. The minimum atomic E-state index is -0.232. The van der Waals surface area contributed by atoms with Gasteiger partial charge in [-0.1, -0.05) is 43.0 Å². The lowest BCUT2D eigenvalue weighted by molar-refractivity contribution is -0.123. The average molecular weight is 598 g/mol. The maximum atomic E-state index is 12.9. The third-order valence-corrected chi connectivity index (χ3v) is 7.79. The summed E-state index contributed by atoms with van der Waals surface area (Å²) in [5, 5.41) is 0.180. The first-order valence-corrected chi connectivity index (χ1v) is 13.2. The third kappa shape index (κ3) is 6.05. The van der Waals surface area contributed by atoms with Crippen molar-refractivity contribution in [1.82, 2.24) is 4.90 Å². The molecule has 0 aromatic heterocycles. The predicted octanol–water partition coefficient (Wildman–Crippen LogP) is 7.15. The fraction of sp³-hybridized carbons (Fsp3) is 0.360. The molecule has 2 fully saturated rings. The average Bonchev–Trinajstić information content (AvgIpc) is 3.07. The van der Waals surface area contributed by atoms with Gasteiger partial charge in [0, 0.05) is 10.1 Å². The molecule has 0 atom stereocenters. The number of nitrogens with zero attached hydrogens (tertiary/aromatic N) is 1. The molecule has 2 amide bonds. The molecule has 2 aromatic rings. The standard InChI is InChI=1S/C25H25ClINO4S/c1-31-21-12-18(11-20(26)23(21)32-15-17-7-9-19(27)10-8-17)13-22-24(29)28(25(30)33-22)14-16-5-3-2-4-6-16/h7-13,16H,2-6,14-15H2,1H3/b22-13+. The van der Waals surface area contributed by atoms with E-state index >= 15 is 0 Å². The molecule has 1 aliphatic heterocycles. The number of rotatable bonds is 7. The summed E-state index contributed by atoms with van der Waals surface area (Å²) in [5.41, 5.74) is 1.70. The number of benzene rings is 2. The van der Waals surface area contributed by atoms with Gasteiger partial charge in [0.05, 0.1) is 17.0 Å². The van der Waals surface area contributed by atoms with Crippen LogP contribution in [-0.2, 0) is 11.4 Å². The summed E-state index contributed by atoms with van der Waals surface area (Å²) in [6.07, 6.45) is 7.45. The van der Waals surface area contributed by atoms with E-state index in [9.17, 15) is 9.59 Å². The molecule has 174 valence electrons. The summed E-state index contributed by atoms with van der Waals surface area (Å²) in [6.45, 7) is 0.865. The van der Waals surface area contributed by atoms with Crippen molar-refractivity contribution < 1.29 is 19.1 Å². The van der Waals surface area contributed by atoms with Crippen molar-refractivity contribution in [3.8, 4) is 11.5 Å². The molecule has 1 saturated heterocycles. The van der Waals surface area contributed by atoms with Gasteiger partial charge in [-0.15, -0.1) is 0 Å². The minimum absolute atomic E-state index is 0.202. The Labute approximate surface area is 217 Å². The molecular formula is C25H25ClINO4S. The monoisotopic (exact) mass is 597 g/mol. The number of imide groups is 1. The Morgan fingerprint density at radius 1 is 1.15 bits per heavy atom. The van der Waals surface area contributed by atoms with Gasteiger partial charge >= 0.3 is 0 Å². The van der Waals surface area contributed by atoms with E-state index in [4.69, 9.17) is 21.1 Å². The summed E-state index contributed by atoms with van der Waals surface area (Å²) < 4.78 is 12.6. The van der Waals surface area contributed by atoms with E-state index in [1.165, 1.54) is 24.2 Å². The first kappa shape index (κ1) is 24.4. The van der Waals surface area contributed by atoms with E-state index < -0.39 is 0 Å². The van der Waals surface area contributed by atoms with Crippen LogP contribution in [0.5, 0.6) is 11.5 Å². The summed E-state index contributed by atoms with van der Waals surface area (Å²) >= 11 is 9.75. The van der Waals surface area contributed by atoms with Crippen LogP contribution in [0.4, 0.5) is 4.79 Å². The number of carbonyl (C=O) groups is 2. The van der Waals surface area contributed by atoms with Crippen molar-refractivity contribution in [3.63, 3.8) is 0 Å². The molecule has 0 bridgehead atoms. The van der Waals surface area contributed by atoms with Gasteiger partial charge < -0.3 is 9.47 Å². The van der Waals surface area contributed by atoms with Crippen LogP contribution in [0.25, 0.3) is 6.08 Å². The number of halogens is 2. The van der Waals surface area contributed by atoms with Crippen LogP contribution in [0.15, 0.2) is 41.3 Å². The Morgan fingerprint density at radius 2 is 1.88 bits per heavy atom. The zero-order chi connectivity index (χ0) is 23.4. The third-order valence-electron chi connectivity index (χ3n) is 5.89. The highest BCUT2D eigenvalue weighted by Crippen LogP contribution is 2.40. The quantitative estimate of drug-likeness (QED) is 0.251. The van der Waals surface area contributed by atoms with E-state index in [0.717, 1.165) is 33.7 Å². The van der Waals surface area contributed by atoms with Crippen molar-refractivity contribution in [2.75, 3.05) is 13.7 Å². The van der Waals surface area contributed by atoms with Crippen LogP contribution in [-0.4, -0.2) is 29.7 Å². The van der Waals surface area contributed by atoms with Gasteiger partial charge in [-0.3, -0.25) is 14.5 Å². The molecule has 0 unspecified atom stereocenters. The van der Waals surface area contributed by atoms with Gasteiger partial charge in [0.25, 0.3) is 11.1 Å². The predicted molar refractivity (Wildman–Crippen MR) is 141 cm³/mol. The molecule has 1 aliphatic carbocycles. The molecule has 0 spiro atoms. The SMILES string of the molecule is COc1cc(/C=C2/SC(=O)N(CC3CCCCC3)C2=O)cc(Cl)c1OCc1ccc(I)cc1. The van der Waals surface area contributed by atoms with E-state index in [1.807, 2.05) is 24.3 Å². The Kier molecular flexibility index (Phi) is 8.24. The molecule has 1 saturated carbocycles. The molecule has 2 aromatic carbocycles. The van der Waals surface area contributed by atoms with E-state index in [2.05, 4.69) is 22.6 Å². The lowest BCUT2D eigenvalue weighted by Gasteiger charge is -2.25. The second-order valence-corrected chi connectivity index (χ2v) is 10.9. The fourth-order valence-electron chi connectivity index (χ4n) is 4.14. The van der Waals surface area contributed by atoms with Crippen LogP contribution < -0.4 is 9.47 Å². The highest BCUT2D eigenvalue weighted by molar-refractivity contribution is 14.1. The number of methoxy groups -OCH3 is 1. The van der Waals surface area contributed by atoms with Crippen LogP contribution in [0.2, 0.25) is 5.02 Å². The van der Waals surface area contributed by atoms with Crippen LogP contribution in [0.1, 0.15) is 43.2 Å². The molecule has 4 rings (SSSR count). The fourth-order valence-corrected chi connectivity index (χ4v) is 5.62. The molecule has 5 nitrogen and oxygen atoms in total. The summed E-state index contributed by atoms with van der Waals surface area (Å²) in [7, 11) is 1.55. The van der Waals surface area contributed by atoms with Crippen LogP contribution in [0.3, 0.4) is 0 Å². The summed E-state index contributed by atoms with van der Waals surface area (Å²) in [6, 6.07) is 11.5. The zero-order valence-electron chi connectivity index (χ0n) is 18.3. The maximum absolute atomic E-state index is 12.9. The van der Waals surface area contributed by atoms with Crippen LogP contribution in [0, 0.1) is 9.49 Å². The van der Waals surface area contributed by atoms with Crippen molar-refractivity contribution >= 4 is 63.2 Å². The molecule has 0 N–H and O–H groups in total. The molecule has 0 radical (unpaired) electrons. The lowest BCUT2D eigenvalue weighted by Crippen LogP contribution is -2.34. The second kappa shape index (κ2) is 11.1. The van der Waals surface area contributed by atoms with Crippen molar-refractivity contribution in [1.29, 1.82) is 0 Å². The Hall–Kier alpha value is -1.71. The number of amides is 2. The maximum Gasteiger partial charge on any atom is 0.293 e. The van der Waals surface area contributed by atoms with Gasteiger partial charge in [-0.25, -0.2) is 0 Å². The van der Waals surface area contributed by atoms with E-state index in [-0.39, 0.29) is 11.1 Å². The van der Waals surface area contributed by atoms with E-state index in [0.29, 0.717) is 46.1 Å². The van der Waals surface area contributed by atoms with Crippen molar-refractivity contribution in [2.45, 2.75) is 38.7 Å². The second-order valence-electron chi connectivity index (χ2n) is 8.25. The molecular weight excluding hydrogens is 573 g/mol.